The Bertz CT molecular complexity index is 1680. The largest absolute Gasteiger partial charge is 0.394 e. The molecule has 2 aliphatic carbocycles. The quantitative estimate of drug-likeness (QED) is 0.0719. The highest BCUT2D eigenvalue weighted by Gasteiger charge is 2.74. The number of ether oxygens (including phenoxy) is 9. The van der Waals surface area contributed by atoms with Gasteiger partial charge in [-0.1, -0.05) is 0 Å². The van der Waals surface area contributed by atoms with Crippen LogP contribution in [0.3, 0.4) is 0 Å². The molecule has 29 heteroatoms. The lowest BCUT2D eigenvalue weighted by Crippen LogP contribution is -2.72. The normalized spacial score (nSPS) is 58.7. The Morgan fingerprint density at radius 1 is 0.433 bits per heavy atom. The van der Waals surface area contributed by atoms with E-state index in [0.29, 0.717) is 0 Å². The van der Waals surface area contributed by atoms with Crippen molar-refractivity contribution in [2.24, 2.45) is 0 Å². The molecular formula is C38H64N2O27. The summed E-state index contributed by atoms with van der Waals surface area (Å²) in [4.78, 5) is 0. The van der Waals surface area contributed by atoms with Gasteiger partial charge < -0.3 is 140 Å². The standard InChI is InChI=1S/C38H64N2O27/c1-7-11(39-12-15(46)20(51)29(57)37(5-43)30(12)66-37)14(45)24(55)35(59-7)64-27-9(3-41)61-33(22(53)17(27)48)40-13-16(47)21(52)32(38(6-44)31(13)67-38)63-26-8(2)60-36(25(56)19(26)50)65-28-10(4-42)62-34(58)23(54)18(28)49/h7-36,39-58H,3-6H2,1-2H3/t7-,8-,9-,10-,11-,12-,13-,14+,15+,16+,17-,18-,19-,20-,21-,22-,23-,24-,25-,26-,27-,28-,29+,30-,31-,32+,33+,34+,35-,36-,37+,38-/m1/s1. The van der Waals surface area contributed by atoms with Crippen LogP contribution in [0.15, 0.2) is 0 Å². The Kier molecular flexibility index (Phi) is 15.3. The number of fused-ring (bicyclic) bond motifs is 2. The van der Waals surface area contributed by atoms with Gasteiger partial charge in [-0.05, 0) is 13.8 Å². The molecule has 8 aliphatic rings. The highest BCUT2D eigenvalue weighted by Crippen LogP contribution is 2.51. The van der Waals surface area contributed by atoms with Crippen LogP contribution >= 0.6 is 0 Å². The zero-order chi connectivity index (χ0) is 48.9. The fourth-order valence-electron chi connectivity index (χ4n) is 10.6. The van der Waals surface area contributed by atoms with Crippen molar-refractivity contribution in [2.45, 2.75) is 209 Å². The summed E-state index contributed by atoms with van der Waals surface area (Å²) in [5, 5.41) is 198. The summed E-state index contributed by atoms with van der Waals surface area (Å²) >= 11 is 0. The molecule has 6 aliphatic heterocycles. The van der Waals surface area contributed by atoms with Gasteiger partial charge in [0.25, 0.3) is 0 Å². The molecule has 0 amide bonds. The van der Waals surface area contributed by atoms with E-state index in [1.807, 2.05) is 0 Å². The zero-order valence-corrected chi connectivity index (χ0v) is 35.9. The third kappa shape index (κ3) is 8.77. The van der Waals surface area contributed by atoms with Crippen molar-refractivity contribution in [2.75, 3.05) is 26.4 Å². The van der Waals surface area contributed by atoms with Gasteiger partial charge >= 0.3 is 0 Å². The second-order valence-corrected chi connectivity index (χ2v) is 18.7. The van der Waals surface area contributed by atoms with Gasteiger partial charge in [0.15, 0.2) is 18.9 Å². The van der Waals surface area contributed by atoms with E-state index in [9.17, 15) is 91.9 Å². The van der Waals surface area contributed by atoms with Crippen molar-refractivity contribution in [3.8, 4) is 0 Å². The average Bonchev–Trinajstić information content (AvgIpc) is 4.24. The monoisotopic (exact) mass is 980 g/mol. The molecule has 8 rings (SSSR count). The summed E-state index contributed by atoms with van der Waals surface area (Å²) in [6, 6.07) is -3.72. The summed E-state index contributed by atoms with van der Waals surface area (Å²) in [6.45, 7) is -0.397. The number of aliphatic hydroxyl groups is 18. The van der Waals surface area contributed by atoms with Gasteiger partial charge in [0.2, 0.25) is 0 Å². The third-order valence-corrected chi connectivity index (χ3v) is 14.7. The molecule has 0 aromatic heterocycles. The first-order valence-corrected chi connectivity index (χ1v) is 22.0. The molecule has 29 nitrogen and oxygen atoms in total. The molecule has 67 heavy (non-hydrogen) atoms. The third-order valence-electron chi connectivity index (χ3n) is 14.7. The van der Waals surface area contributed by atoms with Crippen LogP contribution in [0.1, 0.15) is 13.8 Å². The maximum atomic E-state index is 11.4. The van der Waals surface area contributed by atoms with E-state index in [0.717, 1.165) is 0 Å². The molecule has 0 radical (unpaired) electrons. The van der Waals surface area contributed by atoms with E-state index >= 15 is 0 Å². The molecule has 6 saturated heterocycles. The molecule has 0 bridgehead atoms. The summed E-state index contributed by atoms with van der Waals surface area (Å²) in [7, 11) is 0. The van der Waals surface area contributed by atoms with Gasteiger partial charge in [0, 0.05) is 0 Å². The molecule has 0 aromatic rings. The van der Waals surface area contributed by atoms with Gasteiger partial charge in [0.05, 0.1) is 56.8 Å². The van der Waals surface area contributed by atoms with Crippen LogP contribution in [-0.4, -0.2) is 313 Å². The van der Waals surface area contributed by atoms with Crippen molar-refractivity contribution < 1.29 is 135 Å². The number of aliphatic hydroxyl groups excluding tert-OH is 18. The molecular weight excluding hydrogens is 916 g/mol. The predicted molar refractivity (Wildman–Crippen MR) is 206 cm³/mol. The molecule has 20 N–H and O–H groups in total. The van der Waals surface area contributed by atoms with Crippen LogP contribution in [0.5, 0.6) is 0 Å². The van der Waals surface area contributed by atoms with E-state index in [-0.39, 0.29) is 0 Å². The number of epoxide rings is 2. The molecule has 0 spiro atoms. The van der Waals surface area contributed by atoms with Crippen molar-refractivity contribution >= 4 is 0 Å². The first kappa shape index (κ1) is 52.2. The molecule has 8 fully saturated rings. The zero-order valence-electron chi connectivity index (χ0n) is 35.9. The second-order valence-electron chi connectivity index (χ2n) is 18.7. The average molecular weight is 981 g/mol. The van der Waals surface area contributed by atoms with Crippen molar-refractivity contribution in [1.82, 2.24) is 10.6 Å². The Hall–Kier alpha value is -1.16. The minimum Gasteiger partial charge on any atom is -0.394 e. The molecule has 6 heterocycles. The summed E-state index contributed by atoms with van der Waals surface area (Å²) in [5.74, 6) is 0. The van der Waals surface area contributed by atoms with Gasteiger partial charge in [-0.2, -0.15) is 0 Å². The van der Waals surface area contributed by atoms with E-state index in [1.54, 1.807) is 0 Å². The lowest BCUT2D eigenvalue weighted by Gasteiger charge is -2.49. The van der Waals surface area contributed by atoms with Gasteiger partial charge in [-0.25, -0.2) is 0 Å². The van der Waals surface area contributed by atoms with Crippen LogP contribution in [0.25, 0.3) is 0 Å². The summed E-state index contributed by atoms with van der Waals surface area (Å²) < 4.78 is 51.2. The van der Waals surface area contributed by atoms with Gasteiger partial charge in [0.1, 0.15) is 146 Å². The first-order valence-electron chi connectivity index (χ1n) is 22.0. The molecule has 2 saturated carbocycles. The maximum Gasteiger partial charge on any atom is 0.187 e. The smallest absolute Gasteiger partial charge is 0.187 e. The highest BCUT2D eigenvalue weighted by atomic mass is 16.7. The fourth-order valence-corrected chi connectivity index (χ4v) is 10.6. The lowest BCUT2D eigenvalue weighted by atomic mass is 9.79. The Balaban J connectivity index is 0.880. The predicted octanol–water partition coefficient (Wildman–Crippen LogP) is -13.3. The summed E-state index contributed by atoms with van der Waals surface area (Å²) in [6.07, 6.45) is -44.5. The van der Waals surface area contributed by atoms with Gasteiger partial charge in [-0.15, -0.1) is 0 Å². The summed E-state index contributed by atoms with van der Waals surface area (Å²) in [5.41, 5.74) is -3.37. The van der Waals surface area contributed by atoms with Crippen LogP contribution in [0.2, 0.25) is 0 Å². The number of hydrogen-bond acceptors (Lipinski definition) is 29. The van der Waals surface area contributed by atoms with E-state index in [4.69, 9.17) is 42.6 Å². The van der Waals surface area contributed by atoms with Crippen molar-refractivity contribution in [3.05, 3.63) is 0 Å². The van der Waals surface area contributed by atoms with E-state index in [2.05, 4.69) is 10.6 Å². The molecule has 32 atom stereocenters. The van der Waals surface area contributed by atoms with Crippen LogP contribution in [-0.2, 0) is 42.6 Å². The molecule has 0 aromatic carbocycles. The van der Waals surface area contributed by atoms with Crippen LogP contribution in [0, 0.1) is 0 Å². The first-order chi connectivity index (χ1) is 31.6. The van der Waals surface area contributed by atoms with Crippen molar-refractivity contribution in [1.29, 1.82) is 0 Å². The Morgan fingerprint density at radius 3 is 1.51 bits per heavy atom. The lowest BCUT2D eigenvalue weighted by molar-refractivity contribution is -0.358. The molecule has 0 unspecified atom stereocenters. The van der Waals surface area contributed by atoms with Crippen LogP contribution in [0.4, 0.5) is 0 Å². The van der Waals surface area contributed by atoms with Crippen LogP contribution < -0.4 is 10.6 Å². The van der Waals surface area contributed by atoms with E-state index in [1.165, 1.54) is 13.8 Å². The fraction of sp³-hybridized carbons (Fsp3) is 1.00. The number of rotatable bonds is 14. The minimum absolute atomic E-state index is 0.689. The highest BCUT2D eigenvalue weighted by molar-refractivity contribution is 5.23. The van der Waals surface area contributed by atoms with Gasteiger partial charge in [-0.3, -0.25) is 5.32 Å². The maximum absolute atomic E-state index is 11.4. The second kappa shape index (κ2) is 19.7. The topological polar surface area (TPSA) is 478 Å². The number of nitrogens with one attached hydrogen (secondary N) is 2. The number of hydrogen-bond donors (Lipinski definition) is 20. The SMILES string of the molecule is C[C@H]1O[C@H](O[C@H]2[C@H](O)[C@@H](O)[C@@H](N[C@@H]3[C@H](O)[C@@H](O)[C@H](O[C@H]4[C@H](O)[C@@H](O)[C@@H](O[C@H]5[C@H](O)[C@@H](O)[C@@H](O)O[C@@H]5CO)O[C@@H]4C)[C@]4(CO)O[C@H]34)O[C@@H]2CO)[C@H](O)[C@@H](O)[C@@H]1N[C@@H]1[C@H](O)[C@@H](O)[C@H](O)[C@]2(CO)O[C@H]12. The molecule has 388 valence electrons. The Morgan fingerprint density at radius 2 is 0.910 bits per heavy atom. The minimum atomic E-state index is -1.95. The van der Waals surface area contributed by atoms with Crippen molar-refractivity contribution in [3.63, 3.8) is 0 Å². The van der Waals surface area contributed by atoms with E-state index < -0.39 is 221 Å². The Labute approximate surface area is 380 Å².